The van der Waals surface area contributed by atoms with Crippen molar-refractivity contribution in [3.63, 3.8) is 0 Å². The molecule has 106 valence electrons. The van der Waals surface area contributed by atoms with Crippen LogP contribution in [0.2, 0.25) is 0 Å². The van der Waals surface area contributed by atoms with Gasteiger partial charge in [-0.25, -0.2) is 0 Å². The second-order valence-corrected chi connectivity index (χ2v) is 4.89. The smallest absolute Gasteiger partial charge is 0.324 e. The Balaban J connectivity index is 2.13. The van der Waals surface area contributed by atoms with Gasteiger partial charge in [0.1, 0.15) is 6.04 Å². The molecule has 0 fully saturated rings. The average Bonchev–Trinajstić information content (AvgIpc) is 2.48. The lowest BCUT2D eigenvalue weighted by atomic mass is 9.98. The molecule has 1 aromatic rings. The largest absolute Gasteiger partial charge is 0.465 e. The van der Waals surface area contributed by atoms with E-state index < -0.39 is 0 Å². The fourth-order valence-corrected chi connectivity index (χ4v) is 2.58. The van der Waals surface area contributed by atoms with E-state index in [9.17, 15) is 4.79 Å². The van der Waals surface area contributed by atoms with Crippen LogP contribution in [0, 0.1) is 11.8 Å². The maximum absolute atomic E-state index is 12.1. The minimum atomic E-state index is -0.254. The van der Waals surface area contributed by atoms with Gasteiger partial charge in [-0.2, -0.15) is 0 Å². The third-order valence-electron chi connectivity index (χ3n) is 3.63. The Bertz CT molecular complexity index is 527. The quantitative estimate of drug-likeness (QED) is 0.622. The number of hydrogen-bond acceptors (Lipinski definition) is 3. The Morgan fingerprint density at radius 2 is 2.15 bits per heavy atom. The van der Waals surface area contributed by atoms with Gasteiger partial charge in [-0.15, -0.1) is 11.8 Å². The van der Waals surface area contributed by atoms with Gasteiger partial charge in [0, 0.05) is 19.5 Å². The standard InChI is InChI=1S/C17H21NO2/c1-3-5-10-16(17(19)20-4-2)18-12-11-14-8-6-7-9-15(14)13-18/h6-9,16H,4,10-13H2,1-2H3. The van der Waals surface area contributed by atoms with Gasteiger partial charge >= 0.3 is 5.97 Å². The van der Waals surface area contributed by atoms with Gasteiger partial charge in [0.05, 0.1) is 6.61 Å². The summed E-state index contributed by atoms with van der Waals surface area (Å²) in [6.07, 6.45) is 1.52. The number of ether oxygens (including phenoxy) is 1. The van der Waals surface area contributed by atoms with Crippen LogP contribution >= 0.6 is 0 Å². The highest BCUT2D eigenvalue weighted by molar-refractivity contribution is 5.76. The molecule has 0 saturated carbocycles. The number of nitrogens with zero attached hydrogens (tertiary/aromatic N) is 1. The van der Waals surface area contributed by atoms with Gasteiger partial charge in [0.2, 0.25) is 0 Å². The number of carbonyl (C=O) groups excluding carboxylic acids is 1. The highest BCUT2D eigenvalue weighted by atomic mass is 16.5. The van der Waals surface area contributed by atoms with Gasteiger partial charge < -0.3 is 4.74 Å². The van der Waals surface area contributed by atoms with E-state index in [1.807, 2.05) is 13.0 Å². The van der Waals surface area contributed by atoms with Crippen LogP contribution in [0.5, 0.6) is 0 Å². The molecule has 1 unspecified atom stereocenters. The fraction of sp³-hybridized carbons (Fsp3) is 0.471. The lowest BCUT2D eigenvalue weighted by Gasteiger charge is -2.33. The molecule has 0 aliphatic carbocycles. The Morgan fingerprint density at radius 3 is 2.85 bits per heavy atom. The third kappa shape index (κ3) is 3.40. The zero-order chi connectivity index (χ0) is 14.4. The summed E-state index contributed by atoms with van der Waals surface area (Å²) < 4.78 is 5.19. The molecule has 0 amide bonds. The molecule has 0 radical (unpaired) electrons. The van der Waals surface area contributed by atoms with Crippen molar-refractivity contribution in [1.29, 1.82) is 0 Å². The van der Waals surface area contributed by atoms with Crippen LogP contribution in [-0.2, 0) is 22.5 Å². The van der Waals surface area contributed by atoms with Crippen LogP contribution in [0.1, 0.15) is 31.4 Å². The molecule has 1 heterocycles. The lowest BCUT2D eigenvalue weighted by molar-refractivity contribution is -0.149. The van der Waals surface area contributed by atoms with Crippen LogP contribution in [0.15, 0.2) is 24.3 Å². The maximum Gasteiger partial charge on any atom is 0.324 e. The predicted molar refractivity (Wildman–Crippen MR) is 79.0 cm³/mol. The van der Waals surface area contributed by atoms with Crippen molar-refractivity contribution < 1.29 is 9.53 Å². The molecular formula is C17H21NO2. The number of carbonyl (C=O) groups is 1. The van der Waals surface area contributed by atoms with E-state index >= 15 is 0 Å². The number of fused-ring (bicyclic) bond motifs is 1. The molecule has 1 aliphatic rings. The molecule has 1 aromatic carbocycles. The van der Waals surface area contributed by atoms with Crippen molar-refractivity contribution in [3.8, 4) is 11.8 Å². The van der Waals surface area contributed by atoms with Gasteiger partial charge in [0.15, 0.2) is 0 Å². The van der Waals surface area contributed by atoms with Crippen LogP contribution in [0.4, 0.5) is 0 Å². The molecule has 0 spiro atoms. The first kappa shape index (κ1) is 14.6. The molecule has 2 rings (SSSR count). The van der Waals surface area contributed by atoms with Crippen LogP contribution in [0.25, 0.3) is 0 Å². The van der Waals surface area contributed by atoms with E-state index in [0.29, 0.717) is 13.0 Å². The summed E-state index contributed by atoms with van der Waals surface area (Å²) in [5, 5.41) is 0. The fourth-order valence-electron chi connectivity index (χ4n) is 2.58. The van der Waals surface area contributed by atoms with Gasteiger partial charge in [-0.05, 0) is 31.4 Å². The first-order valence-electron chi connectivity index (χ1n) is 7.13. The zero-order valence-corrected chi connectivity index (χ0v) is 12.2. The number of esters is 1. The van der Waals surface area contributed by atoms with Crippen molar-refractivity contribution in [1.82, 2.24) is 4.90 Å². The summed E-state index contributed by atoms with van der Waals surface area (Å²) in [7, 11) is 0. The lowest BCUT2D eigenvalue weighted by Crippen LogP contribution is -2.44. The van der Waals surface area contributed by atoms with Crippen LogP contribution in [0.3, 0.4) is 0 Å². The normalized spacial score (nSPS) is 15.7. The second kappa shape index (κ2) is 7.12. The summed E-state index contributed by atoms with van der Waals surface area (Å²) in [5.74, 6) is 5.73. The topological polar surface area (TPSA) is 29.5 Å². The maximum atomic E-state index is 12.1. The Kier molecular flexibility index (Phi) is 5.20. The molecule has 3 nitrogen and oxygen atoms in total. The molecular weight excluding hydrogens is 250 g/mol. The van der Waals surface area contributed by atoms with Gasteiger partial charge in [-0.1, -0.05) is 24.3 Å². The number of benzene rings is 1. The van der Waals surface area contributed by atoms with E-state index in [0.717, 1.165) is 19.5 Å². The van der Waals surface area contributed by atoms with Gasteiger partial charge in [-0.3, -0.25) is 9.69 Å². The highest BCUT2D eigenvalue weighted by Crippen LogP contribution is 2.21. The van der Waals surface area contributed by atoms with E-state index in [4.69, 9.17) is 4.74 Å². The average molecular weight is 271 g/mol. The monoisotopic (exact) mass is 271 g/mol. The minimum absolute atomic E-state index is 0.158. The highest BCUT2D eigenvalue weighted by Gasteiger charge is 2.29. The molecule has 0 saturated heterocycles. The predicted octanol–water partition coefficient (Wildman–Crippen LogP) is 2.39. The Hall–Kier alpha value is -1.79. The molecule has 0 bridgehead atoms. The number of rotatable bonds is 4. The molecule has 0 aromatic heterocycles. The van der Waals surface area contributed by atoms with E-state index in [-0.39, 0.29) is 12.0 Å². The molecule has 1 atom stereocenters. The zero-order valence-electron chi connectivity index (χ0n) is 12.2. The van der Waals surface area contributed by atoms with Gasteiger partial charge in [0.25, 0.3) is 0 Å². The second-order valence-electron chi connectivity index (χ2n) is 4.89. The number of hydrogen-bond donors (Lipinski definition) is 0. The summed E-state index contributed by atoms with van der Waals surface area (Å²) in [6, 6.07) is 8.16. The van der Waals surface area contributed by atoms with Crippen LogP contribution < -0.4 is 0 Å². The SMILES string of the molecule is CC#CCC(C(=O)OCC)N1CCc2ccccc2C1. The first-order chi connectivity index (χ1) is 9.76. The molecule has 3 heteroatoms. The van der Waals surface area contributed by atoms with E-state index in [1.165, 1.54) is 11.1 Å². The van der Waals surface area contributed by atoms with Crippen molar-refractivity contribution in [2.24, 2.45) is 0 Å². The summed E-state index contributed by atoms with van der Waals surface area (Å²) >= 11 is 0. The third-order valence-corrected chi connectivity index (χ3v) is 3.63. The van der Waals surface area contributed by atoms with Crippen molar-refractivity contribution in [2.45, 2.75) is 39.3 Å². The Labute approximate surface area is 120 Å². The molecule has 0 N–H and O–H groups in total. The summed E-state index contributed by atoms with van der Waals surface area (Å²) in [5.41, 5.74) is 2.69. The summed E-state index contributed by atoms with van der Waals surface area (Å²) in [4.78, 5) is 14.3. The van der Waals surface area contributed by atoms with Crippen molar-refractivity contribution >= 4 is 5.97 Å². The van der Waals surface area contributed by atoms with Crippen molar-refractivity contribution in [3.05, 3.63) is 35.4 Å². The summed E-state index contributed by atoms with van der Waals surface area (Å²) in [6.45, 7) is 5.73. The Morgan fingerprint density at radius 1 is 1.40 bits per heavy atom. The van der Waals surface area contributed by atoms with E-state index in [2.05, 4.69) is 34.9 Å². The molecule has 1 aliphatic heterocycles. The minimum Gasteiger partial charge on any atom is -0.465 e. The molecule has 20 heavy (non-hydrogen) atoms. The first-order valence-corrected chi connectivity index (χ1v) is 7.13. The van der Waals surface area contributed by atoms with E-state index in [1.54, 1.807) is 6.92 Å². The van der Waals surface area contributed by atoms with Crippen molar-refractivity contribution in [2.75, 3.05) is 13.2 Å². The van der Waals surface area contributed by atoms with Crippen LogP contribution in [-0.4, -0.2) is 30.1 Å².